The molecule has 0 aliphatic heterocycles. The molecule has 2 aromatic rings. The first-order valence-corrected chi connectivity index (χ1v) is 7.82. The molecular weight excluding hydrogens is 346 g/mol. The minimum Gasteiger partial charge on any atom is -0.497 e. The summed E-state index contributed by atoms with van der Waals surface area (Å²) in [4.78, 5) is 24.4. The third kappa shape index (κ3) is 4.87. The van der Waals surface area contributed by atoms with Gasteiger partial charge in [0.1, 0.15) is 11.5 Å². The molecule has 1 N–H and O–H groups in total. The van der Waals surface area contributed by atoms with Crippen molar-refractivity contribution in [1.29, 1.82) is 0 Å². The van der Waals surface area contributed by atoms with Crippen LogP contribution in [0.3, 0.4) is 0 Å². The van der Waals surface area contributed by atoms with Crippen molar-refractivity contribution < 1.29 is 23.8 Å². The highest BCUT2D eigenvalue weighted by molar-refractivity contribution is 6.30. The van der Waals surface area contributed by atoms with Crippen LogP contribution >= 0.6 is 11.6 Å². The summed E-state index contributed by atoms with van der Waals surface area (Å²) in [6.07, 6.45) is -1.01. The number of anilines is 1. The number of amides is 1. The number of benzene rings is 2. The first kappa shape index (κ1) is 18.6. The molecule has 0 bridgehead atoms. The maximum atomic E-state index is 12.3. The van der Waals surface area contributed by atoms with Crippen molar-refractivity contribution in [1.82, 2.24) is 0 Å². The van der Waals surface area contributed by atoms with Crippen molar-refractivity contribution >= 4 is 29.2 Å². The van der Waals surface area contributed by atoms with Crippen molar-refractivity contribution in [3.63, 3.8) is 0 Å². The lowest BCUT2D eigenvalue weighted by molar-refractivity contribution is -0.123. The average molecular weight is 364 g/mol. The monoisotopic (exact) mass is 363 g/mol. The standard InChI is InChI=1S/C18H18ClNO5/c1-11(25-18(22)12-5-4-6-13(19)9-12)17(21)20-15-10-14(23-2)7-8-16(15)24-3/h4-11H,1-3H3,(H,20,21). The van der Waals surface area contributed by atoms with Crippen molar-refractivity contribution in [3.05, 3.63) is 53.1 Å². The molecule has 0 radical (unpaired) electrons. The number of carbonyl (C=O) groups excluding carboxylic acids is 2. The molecule has 0 heterocycles. The summed E-state index contributed by atoms with van der Waals surface area (Å²) in [6.45, 7) is 1.48. The summed E-state index contributed by atoms with van der Waals surface area (Å²) >= 11 is 5.84. The van der Waals surface area contributed by atoms with Gasteiger partial charge in [-0.1, -0.05) is 17.7 Å². The third-order valence-corrected chi connectivity index (χ3v) is 3.61. The highest BCUT2D eigenvalue weighted by Crippen LogP contribution is 2.29. The Kier molecular flexibility index (Phi) is 6.25. The van der Waals surface area contributed by atoms with Gasteiger partial charge in [-0.05, 0) is 37.3 Å². The summed E-state index contributed by atoms with van der Waals surface area (Å²) in [5, 5.41) is 3.07. The summed E-state index contributed by atoms with van der Waals surface area (Å²) in [5.74, 6) is -0.119. The highest BCUT2D eigenvalue weighted by Gasteiger charge is 2.20. The van der Waals surface area contributed by atoms with Crippen molar-refractivity contribution in [2.24, 2.45) is 0 Å². The van der Waals surface area contributed by atoms with Crippen LogP contribution in [0.25, 0.3) is 0 Å². The van der Waals surface area contributed by atoms with E-state index in [4.69, 9.17) is 25.8 Å². The van der Waals surface area contributed by atoms with E-state index in [0.717, 1.165) is 0 Å². The van der Waals surface area contributed by atoms with E-state index < -0.39 is 18.0 Å². The van der Waals surface area contributed by atoms with E-state index in [1.807, 2.05) is 0 Å². The van der Waals surface area contributed by atoms with E-state index >= 15 is 0 Å². The largest absolute Gasteiger partial charge is 0.497 e. The fourth-order valence-electron chi connectivity index (χ4n) is 2.04. The molecule has 2 aromatic carbocycles. The first-order chi connectivity index (χ1) is 11.9. The van der Waals surface area contributed by atoms with Crippen molar-refractivity contribution in [2.45, 2.75) is 13.0 Å². The second-order valence-electron chi connectivity index (χ2n) is 5.11. The first-order valence-electron chi connectivity index (χ1n) is 7.44. The van der Waals surface area contributed by atoms with Crippen LogP contribution in [0, 0.1) is 0 Å². The molecule has 1 amide bonds. The van der Waals surface area contributed by atoms with Crippen LogP contribution in [0.5, 0.6) is 11.5 Å². The van der Waals surface area contributed by atoms with Gasteiger partial charge in [0, 0.05) is 11.1 Å². The van der Waals surface area contributed by atoms with E-state index in [9.17, 15) is 9.59 Å². The molecule has 25 heavy (non-hydrogen) atoms. The molecule has 1 atom stereocenters. The van der Waals surface area contributed by atoms with E-state index in [1.54, 1.807) is 36.4 Å². The fraction of sp³-hybridized carbons (Fsp3) is 0.222. The van der Waals surface area contributed by atoms with Crippen LogP contribution in [0.15, 0.2) is 42.5 Å². The van der Waals surface area contributed by atoms with Crippen LogP contribution in [0.4, 0.5) is 5.69 Å². The summed E-state index contributed by atoms with van der Waals surface area (Å²) in [6, 6.07) is 11.3. The minimum atomic E-state index is -1.01. The van der Waals surface area contributed by atoms with Crippen LogP contribution < -0.4 is 14.8 Å². The topological polar surface area (TPSA) is 73.9 Å². The van der Waals surface area contributed by atoms with Crippen LogP contribution in [0.2, 0.25) is 5.02 Å². The predicted octanol–water partition coefficient (Wildman–Crippen LogP) is 3.54. The van der Waals surface area contributed by atoms with Gasteiger partial charge in [-0.2, -0.15) is 0 Å². The quantitative estimate of drug-likeness (QED) is 0.794. The molecule has 132 valence electrons. The van der Waals surface area contributed by atoms with Gasteiger partial charge in [-0.15, -0.1) is 0 Å². The summed E-state index contributed by atoms with van der Waals surface area (Å²) in [5.41, 5.74) is 0.684. The number of hydrogen-bond donors (Lipinski definition) is 1. The lowest BCUT2D eigenvalue weighted by Crippen LogP contribution is -2.30. The maximum Gasteiger partial charge on any atom is 0.338 e. The summed E-state index contributed by atoms with van der Waals surface area (Å²) < 4.78 is 15.5. The van der Waals surface area contributed by atoms with Gasteiger partial charge >= 0.3 is 5.97 Å². The van der Waals surface area contributed by atoms with E-state index in [0.29, 0.717) is 22.2 Å². The van der Waals surface area contributed by atoms with Gasteiger partial charge in [0.15, 0.2) is 6.10 Å². The molecule has 7 heteroatoms. The Bertz CT molecular complexity index is 778. The minimum absolute atomic E-state index is 0.270. The molecule has 0 aliphatic carbocycles. The van der Waals surface area contributed by atoms with Gasteiger partial charge in [-0.25, -0.2) is 4.79 Å². The number of rotatable bonds is 6. The smallest absolute Gasteiger partial charge is 0.338 e. The molecular formula is C18H18ClNO5. The molecule has 0 aromatic heterocycles. The van der Waals surface area contributed by atoms with Gasteiger partial charge in [0.2, 0.25) is 0 Å². The Morgan fingerprint density at radius 2 is 1.84 bits per heavy atom. The summed E-state index contributed by atoms with van der Waals surface area (Å²) in [7, 11) is 3.00. The molecule has 0 spiro atoms. The average Bonchev–Trinajstić information content (AvgIpc) is 2.61. The van der Waals surface area contributed by atoms with Gasteiger partial charge in [-0.3, -0.25) is 4.79 Å². The third-order valence-electron chi connectivity index (χ3n) is 3.38. The molecule has 0 fully saturated rings. The van der Waals surface area contributed by atoms with Gasteiger partial charge in [0.25, 0.3) is 5.91 Å². The van der Waals surface area contributed by atoms with Crippen LogP contribution in [0.1, 0.15) is 17.3 Å². The molecule has 0 saturated carbocycles. The number of carbonyl (C=O) groups is 2. The maximum absolute atomic E-state index is 12.3. The number of nitrogens with one attached hydrogen (secondary N) is 1. The van der Waals surface area contributed by atoms with E-state index in [1.165, 1.54) is 27.2 Å². The highest BCUT2D eigenvalue weighted by atomic mass is 35.5. The number of methoxy groups -OCH3 is 2. The van der Waals surface area contributed by atoms with Crippen LogP contribution in [-0.2, 0) is 9.53 Å². The predicted molar refractivity (Wildman–Crippen MR) is 94.5 cm³/mol. The Hall–Kier alpha value is -2.73. The molecule has 0 aliphatic rings. The zero-order valence-electron chi connectivity index (χ0n) is 14.0. The van der Waals surface area contributed by atoms with Crippen molar-refractivity contribution in [2.75, 3.05) is 19.5 Å². The molecule has 2 rings (SSSR count). The van der Waals surface area contributed by atoms with Gasteiger partial charge < -0.3 is 19.5 Å². The normalized spacial score (nSPS) is 11.4. The molecule has 0 saturated heterocycles. The molecule has 6 nitrogen and oxygen atoms in total. The van der Waals surface area contributed by atoms with Crippen molar-refractivity contribution in [3.8, 4) is 11.5 Å². The van der Waals surface area contributed by atoms with Crippen LogP contribution in [-0.4, -0.2) is 32.2 Å². The zero-order valence-corrected chi connectivity index (χ0v) is 14.8. The Labute approximate surface area is 150 Å². The van der Waals surface area contributed by atoms with E-state index in [-0.39, 0.29) is 5.56 Å². The Morgan fingerprint density at radius 1 is 1.08 bits per heavy atom. The second kappa shape index (κ2) is 8.39. The number of ether oxygens (including phenoxy) is 3. The fourth-order valence-corrected chi connectivity index (χ4v) is 2.23. The number of hydrogen-bond acceptors (Lipinski definition) is 5. The number of halogens is 1. The van der Waals surface area contributed by atoms with E-state index in [2.05, 4.69) is 5.32 Å². The Morgan fingerprint density at radius 3 is 2.48 bits per heavy atom. The zero-order chi connectivity index (χ0) is 18.4. The lowest BCUT2D eigenvalue weighted by Gasteiger charge is -2.16. The lowest BCUT2D eigenvalue weighted by atomic mass is 10.2. The second-order valence-corrected chi connectivity index (χ2v) is 5.55. The van der Waals surface area contributed by atoms with Gasteiger partial charge in [0.05, 0.1) is 25.5 Å². The molecule has 1 unspecified atom stereocenters. The number of esters is 1. The Balaban J connectivity index is 2.06. The SMILES string of the molecule is COc1ccc(OC)c(NC(=O)C(C)OC(=O)c2cccc(Cl)c2)c1.